The van der Waals surface area contributed by atoms with Gasteiger partial charge < -0.3 is 0 Å². The summed E-state index contributed by atoms with van der Waals surface area (Å²) < 4.78 is 56.9. The van der Waals surface area contributed by atoms with Gasteiger partial charge in [0.15, 0.2) is 5.82 Å². The number of aryl methyl sites for hydroxylation is 2. The molecule has 1 aliphatic heterocycles. The Bertz CT molecular complexity index is 384. The molecule has 0 saturated heterocycles. The fraction of sp³-hybridized carbons (Fsp3) is 0.833. The van der Waals surface area contributed by atoms with Crippen LogP contribution in [0.4, 0.5) is 8.78 Å². The predicted octanol–water partition coefficient (Wildman–Crippen LogP) is 0.645. The number of aromatic nitrogens is 4. The molecule has 2 rings (SSSR count). The SMILES string of the molecule is [2H]C1([2H])CC(F)(F)CC([2H])([2H])n2nnnc21. The smallest absolute Gasteiger partial charge is 0.229 e. The molecule has 2 heterocycles. The van der Waals surface area contributed by atoms with E-state index < -0.39 is 37.5 Å². The largest absolute Gasteiger partial charge is 0.250 e. The zero-order valence-corrected chi connectivity index (χ0v) is 5.96. The van der Waals surface area contributed by atoms with E-state index in [1.807, 2.05) is 0 Å². The summed E-state index contributed by atoms with van der Waals surface area (Å²) >= 11 is 0. The molecule has 66 valence electrons. The quantitative estimate of drug-likeness (QED) is 0.585. The first-order valence-electron chi connectivity index (χ1n) is 5.31. The van der Waals surface area contributed by atoms with Gasteiger partial charge in [-0.1, -0.05) is 0 Å². The van der Waals surface area contributed by atoms with Crippen molar-refractivity contribution in [3.63, 3.8) is 0 Å². The predicted molar refractivity (Wildman–Crippen MR) is 35.7 cm³/mol. The zero-order valence-electron chi connectivity index (χ0n) is 9.96. The molecule has 1 aliphatic rings. The van der Waals surface area contributed by atoms with Gasteiger partial charge in [-0.05, 0) is 10.4 Å². The third-order valence-electron chi connectivity index (χ3n) is 1.46. The number of halogens is 2. The van der Waals surface area contributed by atoms with Crippen LogP contribution in [0.3, 0.4) is 0 Å². The maximum Gasteiger partial charge on any atom is 0.250 e. The highest BCUT2D eigenvalue weighted by atomic mass is 19.3. The molecule has 0 amide bonds. The minimum Gasteiger partial charge on any atom is -0.229 e. The molecule has 0 N–H and O–H groups in total. The normalized spacial score (nSPS) is 34.8. The van der Waals surface area contributed by atoms with Crippen LogP contribution in [0.2, 0.25) is 0 Å². The van der Waals surface area contributed by atoms with Crippen LogP contribution < -0.4 is 0 Å². The summed E-state index contributed by atoms with van der Waals surface area (Å²) in [5, 5.41) is 9.64. The van der Waals surface area contributed by atoms with Crippen LogP contribution in [0.1, 0.15) is 24.1 Å². The van der Waals surface area contributed by atoms with Crippen molar-refractivity contribution in [2.45, 2.75) is 31.6 Å². The lowest BCUT2D eigenvalue weighted by Crippen LogP contribution is -2.16. The van der Waals surface area contributed by atoms with Crippen molar-refractivity contribution in [2.24, 2.45) is 0 Å². The van der Waals surface area contributed by atoms with Gasteiger partial charge in [-0.25, -0.2) is 13.5 Å². The van der Waals surface area contributed by atoms with E-state index in [2.05, 4.69) is 15.5 Å². The lowest BCUT2D eigenvalue weighted by molar-refractivity contribution is -0.0160. The first-order valence-corrected chi connectivity index (χ1v) is 3.31. The highest BCUT2D eigenvalue weighted by Crippen LogP contribution is 2.27. The van der Waals surface area contributed by atoms with Gasteiger partial charge in [0.2, 0.25) is 5.92 Å². The maximum absolute atomic E-state index is 13.3. The van der Waals surface area contributed by atoms with Crippen molar-refractivity contribution < 1.29 is 14.3 Å². The molecular formula is C6H8F2N4. The summed E-state index contributed by atoms with van der Waals surface area (Å²) in [4.78, 5) is 0. The molecule has 0 atom stereocenters. The number of fused-ring (bicyclic) bond motifs is 1. The first kappa shape index (κ1) is 4.25. The second-order valence-corrected chi connectivity index (χ2v) is 2.46. The second kappa shape index (κ2) is 2.46. The zero-order chi connectivity index (χ0) is 12.2. The van der Waals surface area contributed by atoms with Gasteiger partial charge >= 0.3 is 0 Å². The Balaban J connectivity index is 2.59. The van der Waals surface area contributed by atoms with Crippen LogP contribution in [0, 0.1) is 0 Å². The van der Waals surface area contributed by atoms with Crippen molar-refractivity contribution in [2.75, 3.05) is 0 Å². The molecular weight excluding hydrogens is 166 g/mol. The van der Waals surface area contributed by atoms with E-state index in [1.165, 1.54) is 0 Å². The fourth-order valence-corrected chi connectivity index (χ4v) is 0.865. The molecule has 1 aromatic rings. The van der Waals surface area contributed by atoms with Gasteiger partial charge in [-0.3, -0.25) is 0 Å². The molecule has 1 aromatic heterocycles. The molecule has 0 bridgehead atoms. The highest BCUT2D eigenvalue weighted by Gasteiger charge is 2.32. The van der Waals surface area contributed by atoms with E-state index in [0.717, 1.165) is 0 Å². The summed E-state index contributed by atoms with van der Waals surface area (Å²) in [5.41, 5.74) is 0. The van der Waals surface area contributed by atoms with Gasteiger partial charge in [0.1, 0.15) is 0 Å². The van der Waals surface area contributed by atoms with E-state index >= 15 is 0 Å². The number of alkyl halides is 2. The number of hydrogen-bond acceptors (Lipinski definition) is 3. The molecule has 0 fully saturated rings. The van der Waals surface area contributed by atoms with Crippen LogP contribution >= 0.6 is 0 Å². The van der Waals surface area contributed by atoms with Gasteiger partial charge in [-0.15, -0.1) is 5.10 Å². The molecule has 0 saturated carbocycles. The summed E-state index contributed by atoms with van der Waals surface area (Å²) in [6, 6.07) is 0. The maximum atomic E-state index is 13.3. The van der Waals surface area contributed by atoms with Crippen LogP contribution in [-0.4, -0.2) is 26.1 Å². The number of tetrazole rings is 1. The van der Waals surface area contributed by atoms with Gasteiger partial charge in [0.05, 0.1) is 9.24 Å². The molecule has 0 aliphatic carbocycles. The minimum absolute atomic E-state index is 0.494. The van der Waals surface area contributed by atoms with Crippen molar-refractivity contribution in [3.8, 4) is 0 Å². The summed E-state index contributed by atoms with van der Waals surface area (Å²) in [7, 11) is 0. The average Bonchev–Trinajstić information content (AvgIpc) is 2.43. The Morgan fingerprint density at radius 2 is 2.33 bits per heavy atom. The summed E-state index contributed by atoms with van der Waals surface area (Å²) in [6.45, 7) is -2.49. The van der Waals surface area contributed by atoms with Crippen molar-refractivity contribution in [1.82, 2.24) is 20.2 Å². The number of hydrogen-bond donors (Lipinski definition) is 0. The third kappa shape index (κ3) is 1.28. The Hall–Kier alpha value is -1.07. The lowest BCUT2D eigenvalue weighted by atomic mass is 10.1. The molecule has 0 spiro atoms. The average molecular weight is 178 g/mol. The van der Waals surface area contributed by atoms with Crippen molar-refractivity contribution in [1.29, 1.82) is 0 Å². The van der Waals surface area contributed by atoms with E-state index in [9.17, 15) is 8.78 Å². The molecule has 0 unspecified atom stereocenters. The van der Waals surface area contributed by atoms with Crippen LogP contribution in [0.5, 0.6) is 0 Å². The van der Waals surface area contributed by atoms with E-state index in [1.54, 1.807) is 0 Å². The lowest BCUT2D eigenvalue weighted by Gasteiger charge is -2.10. The topological polar surface area (TPSA) is 43.6 Å². The van der Waals surface area contributed by atoms with Crippen molar-refractivity contribution >= 4 is 0 Å². The van der Waals surface area contributed by atoms with E-state index in [0.29, 0.717) is 4.68 Å². The van der Waals surface area contributed by atoms with Crippen LogP contribution in [-0.2, 0) is 12.9 Å². The molecule has 6 heteroatoms. The highest BCUT2D eigenvalue weighted by molar-refractivity contribution is 4.87. The Morgan fingerprint density at radius 3 is 3.17 bits per heavy atom. The summed E-state index contributed by atoms with van der Waals surface area (Å²) in [5.74, 6) is -3.95. The summed E-state index contributed by atoms with van der Waals surface area (Å²) in [6.07, 6.45) is -4.71. The molecule has 4 nitrogen and oxygen atoms in total. The molecule has 12 heavy (non-hydrogen) atoms. The Kier molecular flexibility index (Phi) is 0.872. The Morgan fingerprint density at radius 1 is 1.50 bits per heavy atom. The molecule has 0 aromatic carbocycles. The van der Waals surface area contributed by atoms with E-state index in [4.69, 9.17) is 5.48 Å². The minimum atomic E-state index is -3.45. The van der Waals surface area contributed by atoms with Crippen LogP contribution in [0.15, 0.2) is 0 Å². The monoisotopic (exact) mass is 178 g/mol. The number of rotatable bonds is 0. The third-order valence-corrected chi connectivity index (χ3v) is 1.46. The fourth-order valence-electron chi connectivity index (χ4n) is 0.865. The standard InChI is InChI=1S/C6H8F2N4/c7-6(8)2-1-5-9-10-11-12(5)4-3-6/h1-4H2/i1D2,4D2. The number of nitrogens with zero attached hydrogens (tertiary/aromatic N) is 4. The molecule has 0 radical (unpaired) electrons. The van der Waals surface area contributed by atoms with Gasteiger partial charge in [-0.2, -0.15) is 0 Å². The van der Waals surface area contributed by atoms with E-state index in [-0.39, 0.29) is 0 Å². The van der Waals surface area contributed by atoms with Crippen molar-refractivity contribution in [3.05, 3.63) is 5.82 Å². The van der Waals surface area contributed by atoms with Gasteiger partial charge in [0.25, 0.3) is 0 Å². The Labute approximate surface area is 73.2 Å². The van der Waals surface area contributed by atoms with Gasteiger partial charge in [0, 0.05) is 22.0 Å². The van der Waals surface area contributed by atoms with Crippen LogP contribution in [0.25, 0.3) is 0 Å². The second-order valence-electron chi connectivity index (χ2n) is 2.46. The first-order chi connectivity index (χ1) is 7.14.